The van der Waals surface area contributed by atoms with Crippen LogP contribution in [0.3, 0.4) is 0 Å². The number of nitrogens with one attached hydrogen (secondary N) is 2. The standard InChI is InChI=1S/C32H44N4O3/c1-32(2,33-3)21-34-16-17-35(4)24-19-36-27-18-23(31(37)38)14-15-25(27)29(22-10-6-5-7-11-22)30(36)26-12-8-9-13-28(26)39-20-24/h8-9,12-15,18,22,24,33-34H,5-7,10-11,16-17,19-21H2,1-4H3,(H,37,38)/t24-/m1/s1. The Balaban J connectivity index is 1.56. The second-order valence-corrected chi connectivity index (χ2v) is 12.0. The molecule has 0 radical (unpaired) electrons. The van der Waals surface area contributed by atoms with Crippen molar-refractivity contribution in [3.05, 3.63) is 53.6 Å². The third kappa shape index (κ3) is 5.86. The molecule has 0 saturated heterocycles. The number of ether oxygens (including phenoxy) is 1. The Morgan fingerprint density at radius 3 is 2.67 bits per heavy atom. The lowest BCUT2D eigenvalue weighted by Gasteiger charge is -2.33. The van der Waals surface area contributed by atoms with Crippen LogP contribution in [0.1, 0.15) is 67.8 Å². The summed E-state index contributed by atoms with van der Waals surface area (Å²) in [6.45, 7) is 8.36. The number of carboxylic acid groups (broad SMARTS) is 1. The minimum Gasteiger partial charge on any atom is -0.491 e. The summed E-state index contributed by atoms with van der Waals surface area (Å²) in [5.74, 6) is 0.492. The zero-order chi connectivity index (χ0) is 27.6. The first-order valence-electron chi connectivity index (χ1n) is 14.5. The Morgan fingerprint density at radius 1 is 1.15 bits per heavy atom. The number of hydrogen-bond acceptors (Lipinski definition) is 5. The van der Waals surface area contributed by atoms with E-state index in [9.17, 15) is 9.90 Å². The number of aromatic carboxylic acids is 1. The van der Waals surface area contributed by atoms with Crippen LogP contribution < -0.4 is 15.4 Å². The van der Waals surface area contributed by atoms with E-state index < -0.39 is 5.97 Å². The molecule has 0 unspecified atom stereocenters. The first kappa shape index (κ1) is 27.7. The molecule has 7 heteroatoms. The first-order chi connectivity index (χ1) is 18.8. The fourth-order valence-corrected chi connectivity index (χ4v) is 6.23. The van der Waals surface area contributed by atoms with Gasteiger partial charge in [0.25, 0.3) is 0 Å². The van der Waals surface area contributed by atoms with Gasteiger partial charge in [-0.05, 0) is 76.5 Å². The van der Waals surface area contributed by atoms with E-state index in [1.807, 2.05) is 19.2 Å². The van der Waals surface area contributed by atoms with Crippen molar-refractivity contribution in [2.75, 3.05) is 40.3 Å². The van der Waals surface area contributed by atoms with E-state index >= 15 is 0 Å². The van der Waals surface area contributed by atoms with Crippen molar-refractivity contribution < 1.29 is 14.6 Å². The van der Waals surface area contributed by atoms with Crippen molar-refractivity contribution in [2.45, 2.75) is 70.0 Å². The molecule has 2 aromatic carbocycles. The van der Waals surface area contributed by atoms with Crippen LogP contribution in [0.25, 0.3) is 22.2 Å². The largest absolute Gasteiger partial charge is 0.491 e. The summed E-state index contributed by atoms with van der Waals surface area (Å²) in [6, 6.07) is 14.2. The number of nitrogens with zero attached hydrogens (tertiary/aromatic N) is 2. The van der Waals surface area contributed by atoms with Gasteiger partial charge in [0.1, 0.15) is 12.4 Å². The lowest BCUT2D eigenvalue weighted by atomic mass is 9.81. The number of likely N-dealkylation sites (N-methyl/N-ethyl adjacent to an activating group) is 2. The molecule has 7 nitrogen and oxygen atoms in total. The van der Waals surface area contributed by atoms with Gasteiger partial charge in [-0.1, -0.05) is 37.5 Å². The minimum atomic E-state index is -0.884. The van der Waals surface area contributed by atoms with E-state index in [1.54, 1.807) is 6.07 Å². The Labute approximate surface area is 232 Å². The van der Waals surface area contributed by atoms with Crippen LogP contribution in [0.5, 0.6) is 5.75 Å². The maximum absolute atomic E-state index is 12.0. The maximum atomic E-state index is 12.0. The van der Waals surface area contributed by atoms with E-state index in [-0.39, 0.29) is 11.6 Å². The zero-order valence-corrected chi connectivity index (χ0v) is 23.9. The van der Waals surface area contributed by atoms with Crippen molar-refractivity contribution in [1.29, 1.82) is 0 Å². The van der Waals surface area contributed by atoms with Gasteiger partial charge in [0.15, 0.2) is 0 Å². The molecule has 2 aliphatic rings. The van der Waals surface area contributed by atoms with Gasteiger partial charge in [-0.2, -0.15) is 0 Å². The van der Waals surface area contributed by atoms with Crippen LogP contribution in [0.2, 0.25) is 0 Å². The topological polar surface area (TPSA) is 78.8 Å². The number of benzene rings is 2. The van der Waals surface area contributed by atoms with Crippen molar-refractivity contribution >= 4 is 16.9 Å². The highest BCUT2D eigenvalue weighted by Gasteiger charge is 2.31. The molecular weight excluding hydrogens is 488 g/mol. The molecule has 1 aliphatic carbocycles. The summed E-state index contributed by atoms with van der Waals surface area (Å²) in [5, 5.41) is 18.0. The number of fused-ring (bicyclic) bond motifs is 5. The van der Waals surface area contributed by atoms with Crippen LogP contribution in [-0.2, 0) is 6.54 Å². The number of carbonyl (C=O) groups is 1. The molecule has 0 amide bonds. The highest BCUT2D eigenvalue weighted by atomic mass is 16.5. The fraction of sp³-hybridized carbons (Fsp3) is 0.531. The summed E-state index contributed by atoms with van der Waals surface area (Å²) in [6.07, 6.45) is 6.12. The lowest BCUT2D eigenvalue weighted by Crippen LogP contribution is -2.48. The summed E-state index contributed by atoms with van der Waals surface area (Å²) >= 11 is 0. The average molecular weight is 533 g/mol. The third-order valence-electron chi connectivity index (χ3n) is 8.84. The van der Waals surface area contributed by atoms with E-state index in [0.717, 1.165) is 43.0 Å². The molecule has 0 bridgehead atoms. The van der Waals surface area contributed by atoms with E-state index in [2.05, 4.69) is 65.3 Å². The number of carboxylic acids is 1. The van der Waals surface area contributed by atoms with Crippen molar-refractivity contribution in [3.8, 4) is 17.0 Å². The number of para-hydroxylation sites is 1. The van der Waals surface area contributed by atoms with Gasteiger partial charge >= 0.3 is 5.97 Å². The molecule has 210 valence electrons. The second-order valence-electron chi connectivity index (χ2n) is 12.0. The Hall–Kier alpha value is -2.87. The Bertz CT molecular complexity index is 1310. The molecule has 39 heavy (non-hydrogen) atoms. The van der Waals surface area contributed by atoms with Crippen LogP contribution in [-0.4, -0.2) is 72.5 Å². The molecule has 3 aromatic rings. The molecule has 2 heterocycles. The fourth-order valence-electron chi connectivity index (χ4n) is 6.23. The predicted octanol–water partition coefficient (Wildman–Crippen LogP) is 5.33. The number of hydrogen-bond donors (Lipinski definition) is 3. The van der Waals surface area contributed by atoms with Crippen LogP contribution >= 0.6 is 0 Å². The monoisotopic (exact) mass is 532 g/mol. The van der Waals surface area contributed by atoms with Gasteiger partial charge < -0.3 is 25.0 Å². The highest BCUT2D eigenvalue weighted by molar-refractivity contribution is 5.98. The molecule has 3 N–H and O–H groups in total. The number of rotatable bonds is 9. The highest BCUT2D eigenvalue weighted by Crippen LogP contribution is 2.47. The molecule has 1 atom stereocenters. The van der Waals surface area contributed by atoms with E-state index in [1.165, 1.54) is 48.7 Å². The van der Waals surface area contributed by atoms with Crippen molar-refractivity contribution in [1.82, 2.24) is 20.1 Å². The third-order valence-corrected chi connectivity index (χ3v) is 8.84. The number of aromatic nitrogens is 1. The molecular formula is C32H44N4O3. The predicted molar refractivity (Wildman–Crippen MR) is 158 cm³/mol. The molecule has 0 spiro atoms. The van der Waals surface area contributed by atoms with Crippen molar-refractivity contribution in [3.63, 3.8) is 0 Å². The van der Waals surface area contributed by atoms with Gasteiger partial charge in [-0.3, -0.25) is 4.90 Å². The molecule has 1 saturated carbocycles. The quantitative estimate of drug-likeness (QED) is 0.323. The average Bonchev–Trinajstić information content (AvgIpc) is 3.25. The molecule has 1 fully saturated rings. The summed E-state index contributed by atoms with van der Waals surface area (Å²) in [7, 11) is 4.16. The van der Waals surface area contributed by atoms with Gasteiger partial charge in [0, 0.05) is 48.2 Å². The van der Waals surface area contributed by atoms with Crippen LogP contribution in [0, 0.1) is 0 Å². The SMILES string of the molecule is CNC(C)(C)CNCCN(C)[C@H]1COc2ccccc2-c2c(C3CCCCC3)c3ccc(C(=O)O)cc3n2C1. The normalized spacial score (nSPS) is 18.3. The van der Waals surface area contributed by atoms with Crippen molar-refractivity contribution in [2.24, 2.45) is 0 Å². The molecule has 1 aliphatic heterocycles. The molecule has 5 rings (SSSR count). The second kappa shape index (κ2) is 11.7. The van der Waals surface area contributed by atoms with Crippen LogP contribution in [0.15, 0.2) is 42.5 Å². The summed E-state index contributed by atoms with van der Waals surface area (Å²) in [4.78, 5) is 14.4. The smallest absolute Gasteiger partial charge is 0.335 e. The Morgan fingerprint density at radius 2 is 1.92 bits per heavy atom. The summed E-state index contributed by atoms with van der Waals surface area (Å²) in [5.41, 5.74) is 5.10. The van der Waals surface area contributed by atoms with Gasteiger partial charge in [0.05, 0.1) is 17.3 Å². The first-order valence-corrected chi connectivity index (χ1v) is 14.5. The van der Waals surface area contributed by atoms with Gasteiger partial charge in [0.2, 0.25) is 0 Å². The molecule has 1 aromatic heterocycles. The lowest BCUT2D eigenvalue weighted by molar-refractivity contribution is 0.0697. The van der Waals surface area contributed by atoms with Gasteiger partial charge in [-0.25, -0.2) is 4.79 Å². The zero-order valence-electron chi connectivity index (χ0n) is 23.9. The van der Waals surface area contributed by atoms with Gasteiger partial charge in [-0.15, -0.1) is 0 Å². The van der Waals surface area contributed by atoms with E-state index in [4.69, 9.17) is 4.74 Å². The minimum absolute atomic E-state index is 0.0436. The Kier molecular flexibility index (Phi) is 8.31. The summed E-state index contributed by atoms with van der Waals surface area (Å²) < 4.78 is 8.93. The maximum Gasteiger partial charge on any atom is 0.335 e. The van der Waals surface area contributed by atoms with Crippen LogP contribution in [0.4, 0.5) is 0 Å². The van der Waals surface area contributed by atoms with E-state index in [0.29, 0.717) is 18.1 Å².